The van der Waals surface area contributed by atoms with Crippen molar-refractivity contribution in [2.75, 3.05) is 0 Å². The Hall–Kier alpha value is -13.4. The molecule has 0 bridgehead atoms. The van der Waals surface area contributed by atoms with Gasteiger partial charge in [-0.25, -0.2) is 19.9 Å². The Kier molecular flexibility index (Phi) is 14.4. The van der Waals surface area contributed by atoms with Crippen LogP contribution in [-0.4, -0.2) is 38.6 Å². The zero-order valence-electron chi connectivity index (χ0n) is 60.0. The van der Waals surface area contributed by atoms with Crippen LogP contribution in [0, 0.1) is 0 Å². The van der Waals surface area contributed by atoms with Crippen LogP contribution in [0.25, 0.3) is 230 Å². The number of aromatic nitrogens is 8. The Morgan fingerprint density at radius 2 is 0.637 bits per heavy atom. The summed E-state index contributed by atoms with van der Waals surface area (Å²) in [6.45, 7) is 0. The van der Waals surface area contributed by atoms with Crippen molar-refractivity contribution in [1.29, 1.82) is 0 Å². The highest BCUT2D eigenvalue weighted by atomic mass is 35.5. The van der Waals surface area contributed by atoms with Gasteiger partial charge in [0.15, 0.2) is 0 Å². The predicted molar refractivity (Wildman–Crippen MR) is 485 cm³/mol. The Morgan fingerprint density at radius 1 is 0.257 bits per heavy atom. The number of hydrogen-bond donors (Lipinski definition) is 1. The summed E-state index contributed by atoms with van der Waals surface area (Å²) in [6.07, 6.45) is 0. The summed E-state index contributed by atoms with van der Waals surface area (Å²) in [6, 6.07) is 121. The van der Waals surface area contributed by atoms with Crippen LogP contribution in [0.1, 0.15) is 0 Å². The van der Waals surface area contributed by atoms with Crippen LogP contribution >= 0.6 is 56.9 Å². The van der Waals surface area contributed by atoms with Crippen molar-refractivity contribution in [1.82, 2.24) is 38.6 Å². The van der Waals surface area contributed by atoms with E-state index in [1.54, 1.807) is 22.7 Å². The summed E-state index contributed by atoms with van der Waals surface area (Å²) in [4.78, 5) is 24.1. The number of para-hydroxylation sites is 6. The summed E-state index contributed by atoms with van der Waals surface area (Å²) in [5.74, 6) is 0.680. The molecule has 0 atom stereocenters. The third-order valence-electron chi connectivity index (χ3n) is 22.7. The second-order valence-electron chi connectivity index (χ2n) is 28.8. The lowest BCUT2D eigenvalue weighted by Crippen LogP contribution is -2.03. The van der Waals surface area contributed by atoms with Gasteiger partial charge in [-0.2, -0.15) is 0 Å². The van der Waals surface area contributed by atoms with E-state index in [1.165, 1.54) is 147 Å². The second kappa shape index (κ2) is 25.3. The van der Waals surface area contributed by atoms with E-state index < -0.39 is 0 Å². The van der Waals surface area contributed by atoms with Crippen molar-refractivity contribution in [2.45, 2.75) is 0 Å². The molecule has 0 fully saturated rings. The van der Waals surface area contributed by atoms with Gasteiger partial charge in [-0.1, -0.05) is 243 Å². The SMILES string of the molecule is Clc1nc(-c2ccc3c(c2)c2ccccc2n3-c2ccccc2)c2sc3ccccc3c2n1.c1ccc(-n2c3ccccc3c3cc(-c4nc(-n5c6ccccc6c6c7sc8ccccc8c7c7ccccc7c65)nc5c4sc4ccccc45)ccc32)cc1.c1ccc2c(c1)[nH]c1c3ccccc3c3c4ccccc4sc3c21. The van der Waals surface area contributed by atoms with E-state index in [0.29, 0.717) is 5.95 Å². The van der Waals surface area contributed by atoms with E-state index in [9.17, 15) is 0 Å². The molecular weight excluding hydrogens is 1480 g/mol. The first-order valence-corrected chi connectivity index (χ1v) is 41.3. The number of nitrogens with zero attached hydrogens (tertiary/aromatic N) is 7. The van der Waals surface area contributed by atoms with E-state index in [-0.39, 0.29) is 5.28 Å². The zero-order chi connectivity index (χ0) is 74.1. The number of benzene rings is 16. The van der Waals surface area contributed by atoms with E-state index in [4.69, 9.17) is 21.6 Å². The number of rotatable bonds is 5. The molecule has 0 saturated heterocycles. The first-order valence-electron chi connectivity index (χ1n) is 37.7. The van der Waals surface area contributed by atoms with Crippen LogP contribution in [0.2, 0.25) is 5.28 Å². The molecule has 0 spiro atoms. The van der Waals surface area contributed by atoms with Gasteiger partial charge >= 0.3 is 0 Å². The molecule has 26 rings (SSSR count). The zero-order valence-corrected chi connectivity index (χ0v) is 64.0. The van der Waals surface area contributed by atoms with E-state index in [1.807, 2.05) is 34.8 Å². The minimum absolute atomic E-state index is 0.271. The van der Waals surface area contributed by atoms with Crippen molar-refractivity contribution in [3.05, 3.63) is 345 Å². The van der Waals surface area contributed by atoms with Crippen LogP contribution in [0.4, 0.5) is 0 Å². The van der Waals surface area contributed by atoms with E-state index >= 15 is 0 Å². The van der Waals surface area contributed by atoms with E-state index in [2.05, 4.69) is 356 Å². The van der Waals surface area contributed by atoms with Gasteiger partial charge in [0, 0.05) is 142 Å². The molecule has 0 amide bonds. The highest BCUT2D eigenvalue weighted by Gasteiger charge is 2.27. The van der Waals surface area contributed by atoms with Crippen molar-refractivity contribution in [2.24, 2.45) is 0 Å². The van der Waals surface area contributed by atoms with Gasteiger partial charge in [-0.05, 0) is 119 Å². The maximum Gasteiger partial charge on any atom is 0.235 e. The molecule has 16 aromatic carbocycles. The van der Waals surface area contributed by atoms with Crippen molar-refractivity contribution in [3.8, 4) is 39.8 Å². The maximum atomic E-state index is 6.41. The quantitative estimate of drug-likeness (QED) is 0.174. The smallest absolute Gasteiger partial charge is 0.235 e. The lowest BCUT2D eigenvalue weighted by molar-refractivity contribution is 1.02. The molecule has 26 aromatic rings. The van der Waals surface area contributed by atoms with Crippen molar-refractivity contribution < 1.29 is 0 Å². The number of hydrogen-bond acceptors (Lipinski definition) is 8. The van der Waals surface area contributed by atoms with Crippen LogP contribution in [0.5, 0.6) is 0 Å². The average Bonchev–Trinajstić information content (AvgIpc) is 1.55. The fraction of sp³-hybridized carbons (Fsp3) is 0. The van der Waals surface area contributed by atoms with Gasteiger partial charge in [-0.15, -0.1) is 45.3 Å². The highest BCUT2D eigenvalue weighted by molar-refractivity contribution is 7.28. The second-order valence-corrected chi connectivity index (χ2v) is 33.3. The van der Waals surface area contributed by atoms with Crippen LogP contribution in [0.15, 0.2) is 340 Å². The normalized spacial score (nSPS) is 12.1. The topological polar surface area (TPSA) is 82.1 Å². The summed E-state index contributed by atoms with van der Waals surface area (Å²) < 4.78 is 16.9. The standard InChI is InChI=1S/C50H28N4S2.C28H16ClN3S.C22H13NS/c1-2-14-30(15-3-1)53-38-22-10-6-16-31(38)37-28-29(26-27-40(37)53)45-49-46(36-21-9-13-25-42(36)56-49)52-50(51-45)54-39-23-11-7-19-34(39)44-47(54)33-18-5-4-17-32(33)43-35-20-8-12-24-41(35)55-48(43)44;29-28-30-25(27-26(31-28)20-11-5-7-13-24(20)33-27)17-14-15-23-21(16-17)19-10-4-6-12-22(19)32(23)18-8-2-1-3-9-18;1-2-8-14-13(7-1)19-16-10-4-6-12-18(16)24-22(19)20-15-9-3-5-11-17(15)23-21(14)20/h1-28H;1-16H;1-12,23H. The molecule has 10 aromatic heterocycles. The lowest BCUT2D eigenvalue weighted by atomic mass is 10.00. The third kappa shape index (κ3) is 9.78. The molecule has 10 heterocycles. The molecule has 0 aliphatic carbocycles. The molecule has 113 heavy (non-hydrogen) atoms. The number of H-pyrrole nitrogens is 1. The molecule has 1 N–H and O–H groups in total. The van der Waals surface area contributed by atoms with Crippen molar-refractivity contribution >= 4 is 247 Å². The Morgan fingerprint density at radius 3 is 1.19 bits per heavy atom. The van der Waals surface area contributed by atoms with Crippen LogP contribution in [-0.2, 0) is 0 Å². The van der Waals surface area contributed by atoms with Crippen LogP contribution in [0.3, 0.4) is 0 Å². The first-order chi connectivity index (χ1) is 56.0. The molecule has 13 heteroatoms. The predicted octanol–water partition coefficient (Wildman–Crippen LogP) is 29.3. The fourth-order valence-electron chi connectivity index (χ4n) is 17.9. The third-order valence-corrected chi connectivity index (χ3v) is 27.5. The molecule has 0 aliphatic rings. The molecule has 0 unspecified atom stereocenters. The highest BCUT2D eigenvalue weighted by Crippen LogP contribution is 2.51. The molecule has 0 aliphatic heterocycles. The molecule has 0 radical (unpaired) electrons. The number of fused-ring (bicyclic) bond motifs is 32. The van der Waals surface area contributed by atoms with Gasteiger partial charge in [0.1, 0.15) is 0 Å². The monoisotopic (exact) mass is 1530 g/mol. The Balaban J connectivity index is 0.000000109. The first kappa shape index (κ1) is 64.4. The number of halogens is 1. The lowest BCUT2D eigenvalue weighted by Gasteiger charge is -2.12. The summed E-state index contributed by atoms with van der Waals surface area (Å²) in [5, 5.41) is 23.0. The van der Waals surface area contributed by atoms with Gasteiger partial charge in [-0.3, -0.25) is 4.57 Å². The summed E-state index contributed by atoms with van der Waals surface area (Å²) in [5.41, 5.74) is 17.6. The average molecular weight is 1530 g/mol. The number of nitrogens with one attached hydrogen (secondary N) is 1. The number of thiophene rings is 4. The van der Waals surface area contributed by atoms with Gasteiger partial charge < -0.3 is 14.1 Å². The molecule has 0 saturated carbocycles. The molecular formula is C100H57ClN8S4. The van der Waals surface area contributed by atoms with Gasteiger partial charge in [0.05, 0.1) is 70.4 Å². The summed E-state index contributed by atoms with van der Waals surface area (Å²) >= 11 is 13.7. The Bertz CT molecular complexity index is 8490. The minimum atomic E-state index is 0.271. The molecule has 8 nitrogen and oxygen atoms in total. The fourth-order valence-corrected chi connectivity index (χ4v) is 22.9. The summed E-state index contributed by atoms with van der Waals surface area (Å²) in [7, 11) is 0. The van der Waals surface area contributed by atoms with Crippen molar-refractivity contribution in [3.63, 3.8) is 0 Å². The Labute approximate surface area is 664 Å². The maximum absolute atomic E-state index is 6.41. The van der Waals surface area contributed by atoms with Crippen LogP contribution < -0.4 is 0 Å². The van der Waals surface area contributed by atoms with E-state index in [0.717, 1.165) is 76.1 Å². The number of aromatic amines is 1. The van der Waals surface area contributed by atoms with Gasteiger partial charge in [0.25, 0.3) is 0 Å². The minimum Gasteiger partial charge on any atom is -0.354 e. The van der Waals surface area contributed by atoms with Gasteiger partial charge in [0.2, 0.25) is 11.2 Å². The molecule has 528 valence electrons. The largest absolute Gasteiger partial charge is 0.354 e.